The van der Waals surface area contributed by atoms with Crippen molar-refractivity contribution in [2.24, 2.45) is 5.92 Å². The molecule has 2 N–H and O–H groups in total. The summed E-state index contributed by atoms with van der Waals surface area (Å²) in [5.74, 6) is 1.46. The van der Waals surface area contributed by atoms with E-state index in [1.165, 1.54) is 6.07 Å². The molecule has 2 aromatic carbocycles. The molecule has 0 radical (unpaired) electrons. The number of hydrogen-bond donors (Lipinski definition) is 1. The molecule has 0 atom stereocenters. The van der Waals surface area contributed by atoms with Crippen LogP contribution in [0.3, 0.4) is 0 Å². The van der Waals surface area contributed by atoms with Gasteiger partial charge in [0.05, 0.1) is 31.5 Å². The summed E-state index contributed by atoms with van der Waals surface area (Å²) in [7, 11) is 4.26. The van der Waals surface area contributed by atoms with Crippen LogP contribution in [0.15, 0.2) is 46.9 Å². The minimum Gasteiger partial charge on any atom is -0.405 e. The fourth-order valence-electron chi connectivity index (χ4n) is 4.72. The number of hydrogen-bond acceptors (Lipinski definition) is 5. The predicted octanol–water partition coefficient (Wildman–Crippen LogP) is 5.35. The van der Waals surface area contributed by atoms with E-state index >= 15 is 0 Å². The Labute approximate surface area is 205 Å². The summed E-state index contributed by atoms with van der Waals surface area (Å²) in [6.45, 7) is 2.91. The predicted molar refractivity (Wildman–Crippen MR) is 131 cm³/mol. The number of rotatable bonds is 6. The van der Waals surface area contributed by atoms with Crippen molar-refractivity contribution in [3.63, 3.8) is 0 Å². The molecule has 1 aliphatic rings. The van der Waals surface area contributed by atoms with E-state index in [2.05, 4.69) is 49.6 Å². The van der Waals surface area contributed by atoms with Gasteiger partial charge in [-0.15, -0.1) is 13.2 Å². The van der Waals surface area contributed by atoms with Crippen molar-refractivity contribution >= 4 is 38.6 Å². The van der Waals surface area contributed by atoms with Crippen LogP contribution >= 0.6 is 15.9 Å². The van der Waals surface area contributed by atoms with Crippen molar-refractivity contribution in [3.05, 3.63) is 52.5 Å². The van der Waals surface area contributed by atoms with E-state index in [1.807, 2.05) is 24.3 Å². The molecule has 1 aromatic heterocycles. The van der Waals surface area contributed by atoms with Crippen LogP contribution in [-0.2, 0) is 6.54 Å². The number of piperidine rings is 1. The molecule has 6 nitrogen and oxygen atoms in total. The number of alkyl halides is 3. The van der Waals surface area contributed by atoms with Crippen molar-refractivity contribution in [3.8, 4) is 5.75 Å². The summed E-state index contributed by atoms with van der Waals surface area (Å²) in [5.41, 5.74) is 7.34. The van der Waals surface area contributed by atoms with Crippen LogP contribution in [0.5, 0.6) is 5.75 Å². The van der Waals surface area contributed by atoms with Gasteiger partial charge in [-0.3, -0.25) is 9.38 Å². The molecule has 0 spiro atoms. The second-order valence-corrected chi connectivity index (χ2v) is 10.2. The maximum absolute atomic E-state index is 12.8. The monoisotopic (exact) mass is 538 g/mol. The highest BCUT2D eigenvalue weighted by Crippen LogP contribution is 2.33. The topological polar surface area (TPSA) is 64.3 Å². The summed E-state index contributed by atoms with van der Waals surface area (Å²) in [4.78, 5) is 11.1. The Morgan fingerprint density at radius 2 is 1.82 bits per heavy atom. The lowest BCUT2D eigenvalue weighted by molar-refractivity contribution is -0.275. The first-order chi connectivity index (χ1) is 16.0. The minimum absolute atomic E-state index is 0.157. The molecule has 34 heavy (non-hydrogen) atoms. The van der Waals surface area contributed by atoms with Crippen LogP contribution in [0, 0.1) is 5.92 Å². The van der Waals surface area contributed by atoms with Gasteiger partial charge in [-0.2, -0.15) is 4.98 Å². The lowest BCUT2D eigenvalue weighted by atomic mass is 9.95. The van der Waals surface area contributed by atoms with E-state index in [0.29, 0.717) is 27.0 Å². The van der Waals surface area contributed by atoms with Gasteiger partial charge < -0.3 is 10.5 Å². The van der Waals surface area contributed by atoms with Crippen LogP contribution in [0.2, 0.25) is 0 Å². The van der Waals surface area contributed by atoms with E-state index in [0.717, 1.165) is 49.2 Å². The number of quaternary nitrogens is 1. The number of ether oxygens (including phenoxy) is 1. The summed E-state index contributed by atoms with van der Waals surface area (Å²) in [5, 5.41) is 0.992. The highest BCUT2D eigenvalue weighted by molar-refractivity contribution is 9.10. The maximum Gasteiger partial charge on any atom is 0.573 e. The molecule has 2 heterocycles. The first kappa shape index (κ1) is 24.7. The number of fused-ring (bicyclic) bond motifs is 1. The Morgan fingerprint density at radius 1 is 1.12 bits per heavy atom. The van der Waals surface area contributed by atoms with Gasteiger partial charge in [-0.1, -0.05) is 34.1 Å². The number of para-hydroxylation sites is 1. The van der Waals surface area contributed by atoms with Gasteiger partial charge in [-0.25, -0.2) is 4.98 Å². The van der Waals surface area contributed by atoms with Gasteiger partial charge in [0.1, 0.15) is 5.75 Å². The lowest BCUT2D eigenvalue weighted by Gasteiger charge is -2.37. The second-order valence-electron chi connectivity index (χ2n) is 9.31. The normalized spacial score (nSPS) is 16.2. The third kappa shape index (κ3) is 5.97. The minimum atomic E-state index is -4.72. The van der Waals surface area contributed by atoms with E-state index in [4.69, 9.17) is 5.73 Å². The van der Waals surface area contributed by atoms with Gasteiger partial charge in [0.15, 0.2) is 0 Å². The molecule has 0 bridgehead atoms. The van der Waals surface area contributed by atoms with Crippen molar-refractivity contribution in [1.29, 1.82) is 0 Å². The second kappa shape index (κ2) is 9.67. The number of nitrogens with zero attached hydrogens (tertiary/aromatic N) is 4. The van der Waals surface area contributed by atoms with E-state index in [-0.39, 0.29) is 11.7 Å². The molecule has 3 aromatic rings. The average molecular weight is 539 g/mol. The fraction of sp³-hybridized carbons (Fsp3) is 0.417. The molecule has 0 saturated carbocycles. The molecular formula is C24H28BrF3N5O+. The first-order valence-corrected chi connectivity index (χ1v) is 11.9. The number of halogens is 4. The molecule has 10 heteroatoms. The summed E-state index contributed by atoms with van der Waals surface area (Å²) in [6, 6.07) is 12.7. The van der Waals surface area contributed by atoms with Gasteiger partial charge in [-0.05, 0) is 50.2 Å². The van der Waals surface area contributed by atoms with Crippen LogP contribution in [0.1, 0.15) is 18.4 Å². The van der Waals surface area contributed by atoms with Crippen LogP contribution in [0.4, 0.5) is 24.9 Å². The molecule has 1 fully saturated rings. The third-order valence-electron chi connectivity index (χ3n) is 6.24. The maximum atomic E-state index is 12.8. The van der Waals surface area contributed by atoms with Crippen LogP contribution in [0.25, 0.3) is 10.9 Å². The molecule has 4 rings (SSSR count). The molecule has 0 aliphatic carbocycles. The Balaban J connectivity index is 1.42. The van der Waals surface area contributed by atoms with Crippen molar-refractivity contribution in [2.75, 3.05) is 39.5 Å². The van der Waals surface area contributed by atoms with Gasteiger partial charge in [0.2, 0.25) is 11.8 Å². The Bertz CT molecular complexity index is 1160. The third-order valence-corrected chi connectivity index (χ3v) is 6.74. The van der Waals surface area contributed by atoms with Gasteiger partial charge in [0.25, 0.3) is 0 Å². The molecule has 182 valence electrons. The van der Waals surface area contributed by atoms with E-state index < -0.39 is 6.36 Å². The van der Waals surface area contributed by atoms with Crippen molar-refractivity contribution < 1.29 is 17.9 Å². The SMILES string of the molecule is C[N+](C)(CC1CCN(Cc2ccc(Br)cc2OC(F)(F)F)CC1)c1nc(N)nc2ccccc12. The fourth-order valence-corrected chi connectivity index (χ4v) is 5.06. The Hall–Kier alpha value is -2.43. The highest BCUT2D eigenvalue weighted by Gasteiger charge is 2.33. The number of aromatic nitrogens is 2. The van der Waals surface area contributed by atoms with Crippen molar-refractivity contribution in [2.45, 2.75) is 25.7 Å². The highest BCUT2D eigenvalue weighted by atomic mass is 79.9. The molecule has 0 amide bonds. The summed E-state index contributed by atoms with van der Waals surface area (Å²) < 4.78 is 43.9. The number of likely N-dealkylation sites (tertiary alicyclic amines) is 1. The molecular weight excluding hydrogens is 511 g/mol. The molecule has 1 aliphatic heterocycles. The van der Waals surface area contributed by atoms with Gasteiger partial charge >= 0.3 is 6.36 Å². The number of nitrogens with two attached hydrogens (primary N) is 1. The quantitative estimate of drug-likeness (QED) is 0.428. The number of nitrogen functional groups attached to an aromatic ring is 1. The zero-order valence-electron chi connectivity index (χ0n) is 19.1. The number of benzene rings is 2. The Morgan fingerprint density at radius 3 is 2.53 bits per heavy atom. The molecule has 0 unspecified atom stereocenters. The zero-order chi connectivity index (χ0) is 24.5. The Kier molecular flexibility index (Phi) is 7.02. The van der Waals surface area contributed by atoms with E-state index in [9.17, 15) is 13.2 Å². The smallest absolute Gasteiger partial charge is 0.405 e. The number of anilines is 1. The molecule has 1 saturated heterocycles. The zero-order valence-corrected chi connectivity index (χ0v) is 20.7. The van der Waals surface area contributed by atoms with Crippen LogP contribution in [-0.4, -0.2) is 55.0 Å². The van der Waals surface area contributed by atoms with Crippen molar-refractivity contribution in [1.82, 2.24) is 19.4 Å². The summed E-state index contributed by atoms with van der Waals surface area (Å²) in [6.07, 6.45) is -2.82. The van der Waals surface area contributed by atoms with Gasteiger partial charge in [0, 0.05) is 22.5 Å². The van der Waals surface area contributed by atoms with E-state index in [1.54, 1.807) is 12.1 Å². The standard InChI is InChI=1S/C24H28BrF3N5O/c1-33(2,22-19-5-3-4-6-20(19)30-23(29)31-22)15-16-9-11-32(12-10-16)14-17-7-8-18(25)13-21(17)34-24(26,27)28/h3-8,13,16H,9-12,14-15H2,1-2H3,(H2,29,30,31)/q+1. The lowest BCUT2D eigenvalue weighted by Crippen LogP contribution is -2.48. The average Bonchev–Trinajstić information content (AvgIpc) is 2.75. The first-order valence-electron chi connectivity index (χ1n) is 11.1. The summed E-state index contributed by atoms with van der Waals surface area (Å²) >= 11 is 3.22. The van der Waals surface area contributed by atoms with Crippen LogP contribution < -0.4 is 15.0 Å². The largest absolute Gasteiger partial charge is 0.573 e.